The molecule has 0 unspecified atom stereocenters. The number of rotatable bonds is 8. The number of morpholine rings is 1. The zero-order chi connectivity index (χ0) is 28.1. The Morgan fingerprint density at radius 2 is 1.70 bits per heavy atom. The number of amides is 1. The molecule has 1 aromatic heterocycles. The maximum Gasteiger partial charge on any atom is 0.229 e. The van der Waals surface area contributed by atoms with E-state index in [-0.39, 0.29) is 11.7 Å². The van der Waals surface area contributed by atoms with E-state index in [4.69, 9.17) is 14.5 Å². The zero-order valence-electron chi connectivity index (χ0n) is 23.4. The summed E-state index contributed by atoms with van der Waals surface area (Å²) in [6.45, 7) is 9.25. The van der Waals surface area contributed by atoms with Crippen LogP contribution in [0.4, 0.5) is 23.1 Å². The van der Waals surface area contributed by atoms with E-state index in [9.17, 15) is 9.59 Å². The van der Waals surface area contributed by atoms with Gasteiger partial charge < -0.3 is 29.5 Å². The fourth-order valence-corrected chi connectivity index (χ4v) is 5.07. The molecule has 2 aliphatic rings. The highest BCUT2D eigenvalue weighted by Crippen LogP contribution is 2.33. The zero-order valence-corrected chi connectivity index (χ0v) is 23.4. The number of carbonyl (C=O) groups is 2. The van der Waals surface area contributed by atoms with Crippen molar-refractivity contribution in [2.45, 2.75) is 20.3 Å². The predicted octanol–water partition coefficient (Wildman–Crippen LogP) is 3.47. The van der Waals surface area contributed by atoms with E-state index in [2.05, 4.69) is 26.2 Å². The second-order valence-electron chi connectivity index (χ2n) is 10.1. The van der Waals surface area contributed by atoms with Gasteiger partial charge in [-0.15, -0.1) is 0 Å². The van der Waals surface area contributed by atoms with Crippen LogP contribution in [-0.4, -0.2) is 86.2 Å². The van der Waals surface area contributed by atoms with Gasteiger partial charge in [-0.05, 0) is 31.5 Å². The van der Waals surface area contributed by atoms with Crippen molar-refractivity contribution in [3.05, 3.63) is 65.4 Å². The summed E-state index contributed by atoms with van der Waals surface area (Å²) in [5, 5.41) is 3.32. The van der Waals surface area contributed by atoms with Gasteiger partial charge in [-0.25, -0.2) is 4.98 Å². The number of aryl methyl sites for hydroxylation is 1. The molecule has 0 aliphatic carbocycles. The third-order valence-corrected chi connectivity index (χ3v) is 7.38. The molecule has 40 heavy (non-hydrogen) atoms. The quantitative estimate of drug-likeness (QED) is 0.427. The fourth-order valence-electron chi connectivity index (χ4n) is 5.07. The van der Waals surface area contributed by atoms with Crippen LogP contribution in [0.3, 0.4) is 0 Å². The van der Waals surface area contributed by atoms with E-state index in [1.807, 2.05) is 42.3 Å². The van der Waals surface area contributed by atoms with Crippen LogP contribution in [0.2, 0.25) is 0 Å². The van der Waals surface area contributed by atoms with Crippen molar-refractivity contribution < 1.29 is 19.1 Å². The molecule has 1 N–H and O–H groups in total. The van der Waals surface area contributed by atoms with Crippen LogP contribution in [-0.2, 0) is 16.0 Å². The first kappa shape index (κ1) is 27.4. The number of anilines is 4. The van der Waals surface area contributed by atoms with Gasteiger partial charge in [-0.3, -0.25) is 9.59 Å². The lowest BCUT2D eigenvalue weighted by atomic mass is 10.1. The third-order valence-electron chi connectivity index (χ3n) is 7.38. The summed E-state index contributed by atoms with van der Waals surface area (Å²) in [4.78, 5) is 40.1. The number of nitrogens with zero attached hydrogens (tertiary/aromatic N) is 5. The molecule has 210 valence electrons. The molecule has 10 nitrogen and oxygen atoms in total. The Hall–Kier alpha value is -4.18. The molecule has 10 heteroatoms. The molecular weight excluding hydrogens is 508 g/mol. The molecule has 0 radical (unpaired) electrons. The van der Waals surface area contributed by atoms with E-state index < -0.39 is 0 Å². The van der Waals surface area contributed by atoms with Crippen LogP contribution >= 0.6 is 0 Å². The number of benzene rings is 2. The van der Waals surface area contributed by atoms with Gasteiger partial charge in [0.1, 0.15) is 11.6 Å². The van der Waals surface area contributed by atoms with Gasteiger partial charge >= 0.3 is 0 Å². The summed E-state index contributed by atoms with van der Waals surface area (Å²) in [5.41, 5.74) is 4.44. The highest BCUT2D eigenvalue weighted by Gasteiger charge is 2.24. The van der Waals surface area contributed by atoms with Crippen LogP contribution < -0.4 is 19.9 Å². The number of hydrogen-bond acceptors (Lipinski definition) is 9. The third kappa shape index (κ3) is 6.34. The number of carbonyl (C=O) groups excluding carboxylic acids is 2. The summed E-state index contributed by atoms with van der Waals surface area (Å²) in [6.07, 6.45) is 2.15. The molecule has 1 amide bonds. The maximum atomic E-state index is 12.9. The van der Waals surface area contributed by atoms with Crippen LogP contribution in [0.15, 0.2) is 48.7 Å². The number of ketones is 1. The Labute approximate surface area is 234 Å². The van der Waals surface area contributed by atoms with Gasteiger partial charge in [0.25, 0.3) is 0 Å². The predicted molar refractivity (Wildman–Crippen MR) is 155 cm³/mol. The first-order chi connectivity index (χ1) is 19.4. The Balaban J connectivity index is 1.21. The minimum Gasteiger partial charge on any atom is -0.495 e. The largest absolute Gasteiger partial charge is 0.495 e. The van der Waals surface area contributed by atoms with Crippen molar-refractivity contribution in [2.75, 3.05) is 74.7 Å². The Bertz CT molecular complexity index is 1350. The van der Waals surface area contributed by atoms with Gasteiger partial charge in [0.2, 0.25) is 11.9 Å². The lowest BCUT2D eigenvalue weighted by Crippen LogP contribution is -2.49. The molecule has 3 heterocycles. The fraction of sp³-hybridized carbons (Fsp3) is 0.400. The SMILES string of the molecule is COc1cc(Nc2ncc(C)c(N3CCN(C(=O)Cc4ccc(C(C)=O)cc4)CC3)n2)ccc1N1CCOCC1. The minimum absolute atomic E-state index is 0.0220. The van der Waals surface area contributed by atoms with Crippen LogP contribution in [0.5, 0.6) is 5.75 Å². The standard InChI is InChI=1S/C30H36N6O4/c1-21-20-31-30(32-25-8-9-26(27(19-25)39-3)34-14-16-40-17-15-34)33-29(21)36-12-10-35(11-13-36)28(38)18-23-4-6-24(7-5-23)22(2)37/h4-9,19-20H,10-18H2,1-3H3,(H,31,32,33). The Morgan fingerprint density at radius 1 is 0.975 bits per heavy atom. The number of ether oxygens (including phenoxy) is 2. The van der Waals surface area contributed by atoms with E-state index >= 15 is 0 Å². The molecule has 0 saturated carbocycles. The molecule has 5 rings (SSSR count). The number of Topliss-reactive ketones (excluding diaryl/α,β-unsaturated/α-hetero) is 1. The number of methoxy groups -OCH3 is 1. The first-order valence-electron chi connectivity index (χ1n) is 13.7. The highest BCUT2D eigenvalue weighted by molar-refractivity contribution is 5.94. The summed E-state index contributed by atoms with van der Waals surface area (Å²) in [5.74, 6) is 2.27. The Kier molecular flexibility index (Phi) is 8.45. The van der Waals surface area contributed by atoms with Crippen LogP contribution in [0.1, 0.15) is 28.4 Å². The topological polar surface area (TPSA) is 100 Å². The lowest BCUT2D eigenvalue weighted by Gasteiger charge is -2.36. The smallest absolute Gasteiger partial charge is 0.229 e. The van der Waals surface area contributed by atoms with E-state index in [0.717, 1.165) is 47.2 Å². The van der Waals surface area contributed by atoms with Crippen molar-refractivity contribution in [3.8, 4) is 5.75 Å². The van der Waals surface area contributed by atoms with Crippen molar-refractivity contribution >= 4 is 34.8 Å². The van der Waals surface area contributed by atoms with Crippen molar-refractivity contribution in [2.24, 2.45) is 0 Å². The van der Waals surface area contributed by atoms with Crippen LogP contribution in [0.25, 0.3) is 0 Å². The monoisotopic (exact) mass is 544 g/mol. The molecule has 0 bridgehead atoms. The summed E-state index contributed by atoms with van der Waals surface area (Å²) in [6, 6.07) is 13.3. The first-order valence-corrected chi connectivity index (χ1v) is 13.7. The summed E-state index contributed by atoms with van der Waals surface area (Å²) < 4.78 is 11.2. The normalized spacial score (nSPS) is 15.6. The minimum atomic E-state index is 0.0220. The molecular formula is C30H36N6O4. The summed E-state index contributed by atoms with van der Waals surface area (Å²) >= 11 is 0. The molecule has 2 aromatic carbocycles. The van der Waals surface area contributed by atoms with E-state index in [1.165, 1.54) is 0 Å². The second kappa shape index (κ2) is 12.3. The average molecular weight is 545 g/mol. The molecule has 3 aromatic rings. The average Bonchev–Trinajstić information content (AvgIpc) is 2.99. The molecule has 2 aliphatic heterocycles. The molecule has 0 spiro atoms. The van der Waals surface area contributed by atoms with Gasteiger partial charge in [-0.2, -0.15) is 4.98 Å². The Morgan fingerprint density at radius 3 is 2.38 bits per heavy atom. The molecule has 0 atom stereocenters. The molecule has 2 saturated heterocycles. The highest BCUT2D eigenvalue weighted by atomic mass is 16.5. The van der Waals surface area contributed by atoms with Crippen LogP contribution in [0, 0.1) is 6.92 Å². The van der Waals surface area contributed by atoms with Gasteiger partial charge in [0.05, 0.1) is 32.4 Å². The summed E-state index contributed by atoms with van der Waals surface area (Å²) in [7, 11) is 1.68. The number of piperazine rings is 1. The van der Waals surface area contributed by atoms with Crippen molar-refractivity contribution in [1.82, 2.24) is 14.9 Å². The van der Waals surface area contributed by atoms with Crippen molar-refractivity contribution in [1.29, 1.82) is 0 Å². The van der Waals surface area contributed by atoms with Gasteiger partial charge in [-0.1, -0.05) is 24.3 Å². The van der Waals surface area contributed by atoms with E-state index in [1.54, 1.807) is 26.2 Å². The van der Waals surface area contributed by atoms with Gasteiger partial charge in [0, 0.05) is 68.3 Å². The number of nitrogens with one attached hydrogen (secondary N) is 1. The van der Waals surface area contributed by atoms with Gasteiger partial charge in [0.15, 0.2) is 5.78 Å². The van der Waals surface area contributed by atoms with Crippen molar-refractivity contribution in [3.63, 3.8) is 0 Å². The lowest BCUT2D eigenvalue weighted by molar-refractivity contribution is -0.130. The molecule has 2 fully saturated rings. The number of aromatic nitrogens is 2. The second-order valence-corrected chi connectivity index (χ2v) is 10.1. The maximum absolute atomic E-state index is 12.9. The number of hydrogen-bond donors (Lipinski definition) is 1. The van der Waals surface area contributed by atoms with E-state index in [0.29, 0.717) is 57.3 Å².